The number of nitrogens with one attached hydrogen (secondary N) is 2. The summed E-state index contributed by atoms with van der Waals surface area (Å²) in [4.78, 5) is 38.2. The lowest BCUT2D eigenvalue weighted by Crippen LogP contribution is -2.51. The van der Waals surface area contributed by atoms with Crippen molar-refractivity contribution in [1.82, 2.24) is 15.3 Å². The van der Waals surface area contributed by atoms with Crippen LogP contribution in [0.4, 0.5) is 26.6 Å². The molecule has 0 bridgehead atoms. The molecule has 3 fully saturated rings. The van der Waals surface area contributed by atoms with Gasteiger partial charge in [-0.15, -0.1) is 0 Å². The van der Waals surface area contributed by atoms with Gasteiger partial charge in [-0.05, 0) is 55.9 Å². The van der Waals surface area contributed by atoms with Crippen LogP contribution in [-0.4, -0.2) is 55.3 Å². The van der Waals surface area contributed by atoms with E-state index in [-0.39, 0.29) is 41.9 Å². The van der Waals surface area contributed by atoms with Crippen LogP contribution in [-0.2, 0) is 11.3 Å². The first-order chi connectivity index (χ1) is 20.3. The highest BCUT2D eigenvalue weighted by molar-refractivity contribution is 6.06. The Hall–Kier alpha value is -3.89. The second-order valence-corrected chi connectivity index (χ2v) is 11.9. The Morgan fingerprint density at radius 3 is 2.50 bits per heavy atom. The van der Waals surface area contributed by atoms with E-state index in [0.29, 0.717) is 34.6 Å². The summed E-state index contributed by atoms with van der Waals surface area (Å²) in [6.07, 6.45) is 11.5. The minimum atomic E-state index is -0.588. The predicted octanol–water partition coefficient (Wildman–Crippen LogP) is 5.14. The standard InChI is InChI=1S/C31H39FN6O4/c1-5-25(39)34-22-13-19(17-7-6-8-17)11-12-21(22)35-30-33-15-20-16-38(31(40)37(2)29(20)36-30)28-26(18-9-10-18)23(41-3)14-24(42-4)27(28)32/h5,14-15,17-19,21-22H,1,6-13,16H2,2-4H3,(H,34,39)(H,33,35,36). The summed E-state index contributed by atoms with van der Waals surface area (Å²) in [6, 6.07) is 1.02. The number of rotatable bonds is 9. The SMILES string of the molecule is C=CC(=O)NC1CC(C2CCC2)CCC1Nc1ncc2c(n1)N(C)C(=O)N(c1c(F)c(OC)cc(OC)c1C1CC1)C2. The van der Waals surface area contributed by atoms with Gasteiger partial charge in [0.05, 0.1) is 26.5 Å². The van der Waals surface area contributed by atoms with E-state index in [4.69, 9.17) is 14.5 Å². The summed E-state index contributed by atoms with van der Waals surface area (Å²) in [6.45, 7) is 3.72. The summed E-state index contributed by atoms with van der Waals surface area (Å²) >= 11 is 0. The van der Waals surface area contributed by atoms with Crippen molar-refractivity contribution in [2.75, 3.05) is 36.4 Å². The molecule has 4 aliphatic rings. The molecule has 6 rings (SSSR count). The third-order valence-corrected chi connectivity index (χ3v) is 9.44. The maximum absolute atomic E-state index is 15.8. The molecule has 2 heterocycles. The fourth-order valence-corrected chi connectivity index (χ4v) is 6.80. The van der Waals surface area contributed by atoms with E-state index < -0.39 is 11.8 Å². The van der Waals surface area contributed by atoms with Gasteiger partial charge in [-0.1, -0.05) is 25.8 Å². The van der Waals surface area contributed by atoms with Gasteiger partial charge in [0.2, 0.25) is 11.9 Å². The maximum atomic E-state index is 15.8. The number of aromatic nitrogens is 2. The Bertz CT molecular complexity index is 1390. The fraction of sp³-hybridized carbons (Fsp3) is 0.548. The Kier molecular flexibility index (Phi) is 7.67. The molecule has 1 aromatic carbocycles. The monoisotopic (exact) mass is 578 g/mol. The van der Waals surface area contributed by atoms with Gasteiger partial charge in [0, 0.05) is 42.5 Å². The summed E-state index contributed by atoms with van der Waals surface area (Å²) in [7, 11) is 4.57. The van der Waals surface area contributed by atoms with Crippen molar-refractivity contribution in [3.63, 3.8) is 0 Å². The van der Waals surface area contributed by atoms with Gasteiger partial charge < -0.3 is 20.1 Å². The molecule has 0 spiro atoms. The van der Waals surface area contributed by atoms with Gasteiger partial charge in [0.1, 0.15) is 11.6 Å². The zero-order valence-electron chi connectivity index (χ0n) is 24.5. The molecule has 3 unspecified atom stereocenters. The van der Waals surface area contributed by atoms with Crippen LogP contribution in [0.25, 0.3) is 0 Å². The summed E-state index contributed by atoms with van der Waals surface area (Å²) < 4.78 is 26.7. The lowest BCUT2D eigenvalue weighted by molar-refractivity contribution is -0.117. The van der Waals surface area contributed by atoms with E-state index in [1.807, 2.05) is 0 Å². The zero-order chi connectivity index (χ0) is 29.5. The molecular formula is C31H39FN6O4. The van der Waals surface area contributed by atoms with Crippen LogP contribution < -0.4 is 29.9 Å². The topological polar surface area (TPSA) is 109 Å². The number of amides is 3. The number of benzene rings is 1. The number of carbonyl (C=O) groups is 2. The lowest BCUT2D eigenvalue weighted by atomic mass is 9.68. The molecule has 1 aliphatic heterocycles. The van der Waals surface area contributed by atoms with E-state index in [1.165, 1.54) is 49.4 Å². The van der Waals surface area contributed by atoms with Crippen molar-refractivity contribution in [3.8, 4) is 11.5 Å². The molecule has 10 nitrogen and oxygen atoms in total. The molecule has 3 amide bonds. The van der Waals surface area contributed by atoms with Crippen LogP contribution in [0.5, 0.6) is 11.5 Å². The Labute approximate surface area is 245 Å². The summed E-state index contributed by atoms with van der Waals surface area (Å²) in [5.41, 5.74) is 1.56. The van der Waals surface area contributed by atoms with E-state index >= 15 is 4.39 Å². The molecular weight excluding hydrogens is 539 g/mol. The number of anilines is 3. The third-order valence-electron chi connectivity index (χ3n) is 9.44. The Morgan fingerprint density at radius 2 is 1.86 bits per heavy atom. The van der Waals surface area contributed by atoms with E-state index in [1.54, 1.807) is 19.3 Å². The second-order valence-electron chi connectivity index (χ2n) is 11.9. The minimum Gasteiger partial charge on any atom is -0.496 e. The van der Waals surface area contributed by atoms with Crippen LogP contribution in [0.3, 0.4) is 0 Å². The zero-order valence-corrected chi connectivity index (χ0v) is 24.5. The summed E-state index contributed by atoms with van der Waals surface area (Å²) in [5.74, 6) is 2.06. The predicted molar refractivity (Wildman–Crippen MR) is 158 cm³/mol. The van der Waals surface area contributed by atoms with Gasteiger partial charge in [-0.2, -0.15) is 4.98 Å². The van der Waals surface area contributed by atoms with Crippen LogP contribution in [0.1, 0.15) is 68.4 Å². The molecule has 0 radical (unpaired) electrons. The number of hydrogen-bond acceptors (Lipinski definition) is 7. The Morgan fingerprint density at radius 1 is 1.10 bits per heavy atom. The van der Waals surface area contributed by atoms with Crippen molar-refractivity contribution in [1.29, 1.82) is 0 Å². The number of fused-ring (bicyclic) bond motifs is 1. The molecule has 224 valence electrons. The van der Waals surface area contributed by atoms with Crippen LogP contribution in [0, 0.1) is 17.7 Å². The van der Waals surface area contributed by atoms with Crippen molar-refractivity contribution < 1.29 is 23.5 Å². The first-order valence-electron chi connectivity index (χ1n) is 14.9. The van der Waals surface area contributed by atoms with Gasteiger partial charge >= 0.3 is 6.03 Å². The van der Waals surface area contributed by atoms with Gasteiger partial charge in [0.25, 0.3) is 0 Å². The molecule has 3 atom stereocenters. The van der Waals surface area contributed by atoms with Crippen molar-refractivity contribution in [2.24, 2.45) is 11.8 Å². The molecule has 42 heavy (non-hydrogen) atoms. The van der Waals surface area contributed by atoms with Crippen LogP contribution >= 0.6 is 0 Å². The number of halogens is 1. The molecule has 2 N–H and O–H groups in total. The first kappa shape index (κ1) is 28.2. The number of methoxy groups -OCH3 is 2. The van der Waals surface area contributed by atoms with Crippen molar-refractivity contribution in [3.05, 3.63) is 41.9 Å². The lowest BCUT2D eigenvalue weighted by Gasteiger charge is -2.43. The van der Waals surface area contributed by atoms with Crippen LogP contribution in [0.15, 0.2) is 24.9 Å². The van der Waals surface area contributed by atoms with E-state index in [2.05, 4.69) is 22.2 Å². The average Bonchev–Trinajstić information content (AvgIpc) is 3.81. The number of ether oxygens (including phenoxy) is 2. The van der Waals surface area contributed by atoms with Crippen molar-refractivity contribution in [2.45, 2.75) is 75.9 Å². The van der Waals surface area contributed by atoms with Crippen LogP contribution in [0.2, 0.25) is 0 Å². The first-order valence-corrected chi connectivity index (χ1v) is 14.9. The Balaban J connectivity index is 1.26. The third kappa shape index (κ3) is 5.13. The number of urea groups is 1. The van der Waals surface area contributed by atoms with Gasteiger partial charge in [0.15, 0.2) is 11.6 Å². The summed E-state index contributed by atoms with van der Waals surface area (Å²) in [5, 5.41) is 6.56. The highest BCUT2D eigenvalue weighted by Gasteiger charge is 2.41. The van der Waals surface area contributed by atoms with E-state index in [9.17, 15) is 9.59 Å². The number of nitrogens with zero attached hydrogens (tertiary/aromatic N) is 4. The quantitative estimate of drug-likeness (QED) is 0.397. The van der Waals surface area contributed by atoms with Gasteiger partial charge in [-0.3, -0.25) is 14.6 Å². The second kappa shape index (κ2) is 11.4. The molecule has 3 aliphatic carbocycles. The molecule has 3 saturated carbocycles. The smallest absolute Gasteiger partial charge is 0.330 e. The average molecular weight is 579 g/mol. The molecule has 11 heteroatoms. The molecule has 2 aromatic rings. The maximum Gasteiger partial charge on any atom is 0.330 e. The van der Waals surface area contributed by atoms with Crippen molar-refractivity contribution >= 4 is 29.4 Å². The molecule has 1 aromatic heterocycles. The number of hydrogen-bond donors (Lipinski definition) is 2. The minimum absolute atomic E-state index is 0.0217. The highest BCUT2D eigenvalue weighted by Crippen LogP contribution is 2.52. The largest absolute Gasteiger partial charge is 0.496 e. The number of carbonyl (C=O) groups excluding carboxylic acids is 2. The highest BCUT2D eigenvalue weighted by atomic mass is 19.1. The normalized spacial score (nSPS) is 24.0. The molecule has 0 saturated heterocycles. The van der Waals surface area contributed by atoms with Gasteiger partial charge in [-0.25, -0.2) is 14.2 Å². The fourth-order valence-electron chi connectivity index (χ4n) is 6.80. The van der Waals surface area contributed by atoms with E-state index in [0.717, 1.165) is 38.0 Å².